The maximum absolute atomic E-state index is 4.61. The Labute approximate surface area is 126 Å². The molecule has 0 saturated heterocycles. The van der Waals surface area contributed by atoms with Gasteiger partial charge in [0.05, 0.1) is 11.9 Å². The van der Waals surface area contributed by atoms with E-state index in [4.69, 9.17) is 0 Å². The molecule has 2 aromatic rings. The molecule has 0 radical (unpaired) electrons. The molecule has 0 aliphatic carbocycles. The van der Waals surface area contributed by atoms with Gasteiger partial charge in [-0.3, -0.25) is 4.98 Å². The molecule has 0 fully saturated rings. The Bertz CT molecular complexity index is 574. The van der Waals surface area contributed by atoms with Gasteiger partial charge in [0.1, 0.15) is 5.82 Å². The summed E-state index contributed by atoms with van der Waals surface area (Å²) in [7, 11) is 0. The van der Waals surface area contributed by atoms with Crippen LogP contribution in [0.3, 0.4) is 0 Å². The van der Waals surface area contributed by atoms with E-state index in [1.807, 2.05) is 17.1 Å². The third kappa shape index (κ3) is 3.88. The number of pyridine rings is 1. The number of nitrogens with zero attached hydrogens (tertiary/aromatic N) is 4. The molecule has 114 valence electrons. The first kappa shape index (κ1) is 15.6. The van der Waals surface area contributed by atoms with Gasteiger partial charge >= 0.3 is 0 Å². The Balaban J connectivity index is 2.28. The standard InChI is InChI=1S/C16H25N5/c1-5-15-19-16(6-2)21(20-15)14-11-17-8-7-13(14)10-18-9-12(3)4/h7-8,11-12,18H,5-6,9-10H2,1-4H3. The molecule has 2 aromatic heterocycles. The second kappa shape index (κ2) is 7.31. The van der Waals surface area contributed by atoms with Crippen LogP contribution in [0.25, 0.3) is 5.69 Å². The fourth-order valence-electron chi connectivity index (χ4n) is 2.21. The van der Waals surface area contributed by atoms with Crippen LogP contribution in [0.5, 0.6) is 0 Å². The van der Waals surface area contributed by atoms with Crippen molar-refractivity contribution in [3.8, 4) is 5.69 Å². The summed E-state index contributed by atoms with van der Waals surface area (Å²) in [6.07, 6.45) is 5.42. The predicted octanol–water partition coefficient (Wildman–Crippen LogP) is 2.53. The summed E-state index contributed by atoms with van der Waals surface area (Å²) in [5, 5.41) is 8.09. The minimum Gasteiger partial charge on any atom is -0.312 e. The number of aryl methyl sites for hydroxylation is 2. The first-order valence-electron chi connectivity index (χ1n) is 7.74. The van der Waals surface area contributed by atoms with Gasteiger partial charge in [-0.15, -0.1) is 0 Å². The quantitative estimate of drug-likeness (QED) is 0.850. The van der Waals surface area contributed by atoms with Crippen molar-refractivity contribution in [1.29, 1.82) is 0 Å². The highest BCUT2D eigenvalue weighted by Gasteiger charge is 2.12. The molecule has 0 bridgehead atoms. The molecule has 0 spiro atoms. The molecule has 21 heavy (non-hydrogen) atoms. The van der Waals surface area contributed by atoms with Crippen LogP contribution in [0.2, 0.25) is 0 Å². The zero-order valence-electron chi connectivity index (χ0n) is 13.4. The van der Waals surface area contributed by atoms with Crippen molar-refractivity contribution in [2.75, 3.05) is 6.54 Å². The summed E-state index contributed by atoms with van der Waals surface area (Å²) in [6.45, 7) is 10.4. The van der Waals surface area contributed by atoms with Crippen LogP contribution < -0.4 is 5.32 Å². The van der Waals surface area contributed by atoms with Gasteiger partial charge in [0.25, 0.3) is 0 Å². The van der Waals surface area contributed by atoms with Crippen LogP contribution in [0.4, 0.5) is 0 Å². The summed E-state index contributed by atoms with van der Waals surface area (Å²) >= 11 is 0. The molecule has 0 amide bonds. The van der Waals surface area contributed by atoms with Crippen molar-refractivity contribution in [2.24, 2.45) is 5.92 Å². The van der Waals surface area contributed by atoms with Crippen LogP contribution in [0.15, 0.2) is 18.5 Å². The Morgan fingerprint density at radius 3 is 2.71 bits per heavy atom. The highest BCUT2D eigenvalue weighted by molar-refractivity contribution is 5.38. The minimum atomic E-state index is 0.638. The average molecular weight is 287 g/mol. The van der Waals surface area contributed by atoms with E-state index in [2.05, 4.69) is 54.1 Å². The molecule has 2 heterocycles. The largest absolute Gasteiger partial charge is 0.312 e. The molecule has 5 heteroatoms. The van der Waals surface area contributed by atoms with E-state index in [1.54, 1.807) is 0 Å². The van der Waals surface area contributed by atoms with Gasteiger partial charge in [-0.2, -0.15) is 5.10 Å². The summed E-state index contributed by atoms with van der Waals surface area (Å²) in [5.74, 6) is 2.52. The first-order chi connectivity index (χ1) is 10.2. The monoisotopic (exact) mass is 287 g/mol. The minimum absolute atomic E-state index is 0.638. The molecule has 0 unspecified atom stereocenters. The Morgan fingerprint density at radius 1 is 1.24 bits per heavy atom. The molecule has 1 N–H and O–H groups in total. The molecule has 0 aliphatic rings. The summed E-state index contributed by atoms with van der Waals surface area (Å²) in [5.41, 5.74) is 2.23. The predicted molar refractivity (Wildman–Crippen MR) is 84.5 cm³/mol. The van der Waals surface area contributed by atoms with Gasteiger partial charge in [-0.25, -0.2) is 9.67 Å². The topological polar surface area (TPSA) is 55.6 Å². The molecule has 0 saturated carbocycles. The van der Waals surface area contributed by atoms with Crippen LogP contribution in [-0.2, 0) is 19.4 Å². The summed E-state index contributed by atoms with van der Waals surface area (Å²) < 4.78 is 1.94. The zero-order valence-corrected chi connectivity index (χ0v) is 13.4. The van der Waals surface area contributed by atoms with Crippen molar-refractivity contribution in [3.05, 3.63) is 35.7 Å². The van der Waals surface area contributed by atoms with Crippen molar-refractivity contribution >= 4 is 0 Å². The van der Waals surface area contributed by atoms with E-state index in [0.717, 1.165) is 43.3 Å². The summed E-state index contributed by atoms with van der Waals surface area (Å²) in [4.78, 5) is 8.84. The van der Waals surface area contributed by atoms with Gasteiger partial charge in [0.2, 0.25) is 0 Å². The molecule has 0 aromatic carbocycles. The maximum atomic E-state index is 4.61. The molecule has 0 atom stereocenters. The molecule has 2 rings (SSSR count). The van der Waals surface area contributed by atoms with Gasteiger partial charge in [0, 0.05) is 25.6 Å². The lowest BCUT2D eigenvalue weighted by Gasteiger charge is -2.12. The average Bonchev–Trinajstić information content (AvgIpc) is 2.90. The Morgan fingerprint density at radius 2 is 2.05 bits per heavy atom. The highest BCUT2D eigenvalue weighted by Crippen LogP contribution is 2.15. The third-order valence-electron chi connectivity index (χ3n) is 3.33. The van der Waals surface area contributed by atoms with Crippen LogP contribution >= 0.6 is 0 Å². The number of hydrogen-bond donors (Lipinski definition) is 1. The lowest BCUT2D eigenvalue weighted by atomic mass is 10.2. The van der Waals surface area contributed by atoms with Gasteiger partial charge in [-0.1, -0.05) is 27.7 Å². The van der Waals surface area contributed by atoms with Crippen molar-refractivity contribution in [2.45, 2.75) is 47.1 Å². The zero-order chi connectivity index (χ0) is 15.2. The summed E-state index contributed by atoms with van der Waals surface area (Å²) in [6, 6.07) is 2.05. The van der Waals surface area contributed by atoms with Gasteiger partial charge < -0.3 is 5.32 Å². The Hall–Kier alpha value is -1.75. The molecular weight excluding hydrogens is 262 g/mol. The van der Waals surface area contributed by atoms with Crippen molar-refractivity contribution in [3.63, 3.8) is 0 Å². The van der Waals surface area contributed by atoms with Crippen LogP contribution in [-0.4, -0.2) is 26.3 Å². The third-order valence-corrected chi connectivity index (χ3v) is 3.33. The lowest BCUT2D eigenvalue weighted by molar-refractivity contribution is 0.550. The lowest BCUT2D eigenvalue weighted by Crippen LogP contribution is -2.20. The first-order valence-corrected chi connectivity index (χ1v) is 7.74. The molecule has 0 aliphatic heterocycles. The second-order valence-electron chi connectivity index (χ2n) is 5.59. The second-order valence-corrected chi connectivity index (χ2v) is 5.59. The van der Waals surface area contributed by atoms with E-state index in [-0.39, 0.29) is 0 Å². The van der Waals surface area contributed by atoms with Gasteiger partial charge in [0.15, 0.2) is 5.82 Å². The van der Waals surface area contributed by atoms with E-state index in [0.29, 0.717) is 5.92 Å². The SMILES string of the molecule is CCc1nc(CC)n(-c2cnccc2CNCC(C)C)n1. The fraction of sp³-hybridized carbons (Fsp3) is 0.562. The van der Waals surface area contributed by atoms with E-state index in [1.165, 1.54) is 5.56 Å². The van der Waals surface area contributed by atoms with Crippen LogP contribution in [0, 0.1) is 5.92 Å². The van der Waals surface area contributed by atoms with Gasteiger partial charge in [-0.05, 0) is 24.1 Å². The maximum Gasteiger partial charge on any atom is 0.151 e. The Kier molecular flexibility index (Phi) is 5.44. The normalized spacial score (nSPS) is 11.3. The fourth-order valence-corrected chi connectivity index (χ4v) is 2.21. The van der Waals surface area contributed by atoms with Crippen LogP contribution in [0.1, 0.15) is 44.9 Å². The van der Waals surface area contributed by atoms with E-state index in [9.17, 15) is 0 Å². The highest BCUT2D eigenvalue weighted by atomic mass is 15.4. The molecule has 5 nitrogen and oxygen atoms in total. The van der Waals surface area contributed by atoms with Crippen molar-refractivity contribution in [1.82, 2.24) is 25.1 Å². The van der Waals surface area contributed by atoms with E-state index < -0.39 is 0 Å². The number of hydrogen-bond acceptors (Lipinski definition) is 4. The number of aromatic nitrogens is 4. The molecular formula is C16H25N5. The number of rotatable bonds is 7. The van der Waals surface area contributed by atoms with Crippen molar-refractivity contribution < 1.29 is 0 Å². The van der Waals surface area contributed by atoms with E-state index >= 15 is 0 Å². The number of nitrogens with one attached hydrogen (secondary N) is 1. The smallest absolute Gasteiger partial charge is 0.151 e.